The number of carbonyl (C=O) groups is 2. The van der Waals surface area contributed by atoms with E-state index in [1.54, 1.807) is 0 Å². The van der Waals surface area contributed by atoms with E-state index in [0.29, 0.717) is 19.6 Å². The van der Waals surface area contributed by atoms with Crippen molar-refractivity contribution in [3.63, 3.8) is 0 Å². The van der Waals surface area contributed by atoms with Crippen LogP contribution in [0.15, 0.2) is 48.6 Å². The van der Waals surface area contributed by atoms with Crippen molar-refractivity contribution >= 4 is 18.0 Å². The fourth-order valence-corrected chi connectivity index (χ4v) is 1.72. The molecule has 25 heavy (non-hydrogen) atoms. The number of ether oxygens (including phenoxy) is 2. The summed E-state index contributed by atoms with van der Waals surface area (Å²) in [5, 5.41) is 0. The lowest BCUT2D eigenvalue weighted by Crippen LogP contribution is -2.02. The molecule has 4 nitrogen and oxygen atoms in total. The molecule has 0 spiro atoms. The standard InChI is InChI=1S/C13H16O2.C8H14O2/c1-2-7-13(14)15-11-6-10-12-8-4-3-5-9-12;1-3-4-5-6-7-10-8(2)9/h3-6,8-10H,2,7,11H2,1H3;4-5H,3,6-7H2,1-2H3/b;5-4-. The summed E-state index contributed by atoms with van der Waals surface area (Å²) >= 11 is 0. The van der Waals surface area contributed by atoms with E-state index in [9.17, 15) is 9.59 Å². The summed E-state index contributed by atoms with van der Waals surface area (Å²) < 4.78 is 9.68. The van der Waals surface area contributed by atoms with Crippen LogP contribution >= 0.6 is 0 Å². The largest absolute Gasteiger partial charge is 0.466 e. The Balaban J connectivity index is 0.000000504. The topological polar surface area (TPSA) is 52.6 Å². The molecule has 1 aromatic carbocycles. The van der Waals surface area contributed by atoms with E-state index in [1.165, 1.54) is 6.92 Å². The molecule has 0 aliphatic heterocycles. The number of hydrogen-bond acceptors (Lipinski definition) is 4. The molecule has 0 saturated carbocycles. The van der Waals surface area contributed by atoms with Crippen molar-refractivity contribution in [3.8, 4) is 0 Å². The highest BCUT2D eigenvalue weighted by Gasteiger charge is 1.97. The molecule has 0 aromatic heterocycles. The van der Waals surface area contributed by atoms with Gasteiger partial charge in [-0.05, 0) is 30.9 Å². The van der Waals surface area contributed by atoms with Crippen molar-refractivity contribution < 1.29 is 19.1 Å². The van der Waals surface area contributed by atoms with Crippen molar-refractivity contribution in [2.45, 2.75) is 46.5 Å². The number of carbonyl (C=O) groups excluding carboxylic acids is 2. The van der Waals surface area contributed by atoms with Crippen molar-refractivity contribution in [1.82, 2.24) is 0 Å². The summed E-state index contributed by atoms with van der Waals surface area (Å²) in [5.74, 6) is -0.333. The highest BCUT2D eigenvalue weighted by atomic mass is 16.5. The van der Waals surface area contributed by atoms with Crippen LogP contribution in [0.1, 0.15) is 52.0 Å². The van der Waals surface area contributed by atoms with Gasteiger partial charge in [-0.1, -0.05) is 62.4 Å². The molecule has 0 unspecified atom stereocenters. The van der Waals surface area contributed by atoms with E-state index in [-0.39, 0.29) is 11.9 Å². The van der Waals surface area contributed by atoms with E-state index >= 15 is 0 Å². The molecule has 0 atom stereocenters. The van der Waals surface area contributed by atoms with Gasteiger partial charge in [0.25, 0.3) is 0 Å². The van der Waals surface area contributed by atoms with Gasteiger partial charge < -0.3 is 9.47 Å². The van der Waals surface area contributed by atoms with Crippen molar-refractivity contribution in [1.29, 1.82) is 0 Å². The average Bonchev–Trinajstić information content (AvgIpc) is 2.60. The highest BCUT2D eigenvalue weighted by molar-refractivity contribution is 5.69. The van der Waals surface area contributed by atoms with Gasteiger partial charge in [0.15, 0.2) is 0 Å². The van der Waals surface area contributed by atoms with Crippen LogP contribution in [0.2, 0.25) is 0 Å². The molecule has 0 radical (unpaired) electrons. The molecule has 138 valence electrons. The Morgan fingerprint density at radius 3 is 2.32 bits per heavy atom. The van der Waals surface area contributed by atoms with E-state index in [0.717, 1.165) is 24.8 Å². The first-order valence-electron chi connectivity index (χ1n) is 8.75. The van der Waals surface area contributed by atoms with Gasteiger partial charge >= 0.3 is 11.9 Å². The van der Waals surface area contributed by atoms with Crippen LogP contribution in [-0.2, 0) is 19.1 Å². The van der Waals surface area contributed by atoms with Crippen LogP contribution in [0.3, 0.4) is 0 Å². The van der Waals surface area contributed by atoms with Gasteiger partial charge in [0.05, 0.1) is 6.61 Å². The maximum Gasteiger partial charge on any atom is 0.306 e. The molecule has 0 bridgehead atoms. The molecule has 0 amide bonds. The second-order valence-corrected chi connectivity index (χ2v) is 5.25. The van der Waals surface area contributed by atoms with Crippen LogP contribution in [0, 0.1) is 0 Å². The molecule has 0 N–H and O–H groups in total. The van der Waals surface area contributed by atoms with Gasteiger partial charge in [-0.15, -0.1) is 0 Å². The van der Waals surface area contributed by atoms with Gasteiger partial charge in [0, 0.05) is 13.3 Å². The molecule has 4 heteroatoms. The summed E-state index contributed by atoms with van der Waals surface area (Å²) in [6.45, 7) is 6.31. The molecule has 1 rings (SSSR count). The molecule has 0 aliphatic carbocycles. The third-order valence-corrected chi connectivity index (χ3v) is 2.90. The molecule has 0 saturated heterocycles. The summed E-state index contributed by atoms with van der Waals surface area (Å²) in [4.78, 5) is 21.2. The third-order valence-electron chi connectivity index (χ3n) is 2.90. The Bertz CT molecular complexity index is 518. The predicted octanol–water partition coefficient (Wildman–Crippen LogP) is 4.95. The predicted molar refractivity (Wildman–Crippen MR) is 102 cm³/mol. The van der Waals surface area contributed by atoms with Crippen molar-refractivity contribution in [2.75, 3.05) is 13.2 Å². The molecule has 1 aromatic rings. The summed E-state index contributed by atoms with van der Waals surface area (Å²) in [5.41, 5.74) is 1.11. The highest BCUT2D eigenvalue weighted by Crippen LogP contribution is 2.01. The first-order valence-corrected chi connectivity index (χ1v) is 8.75. The lowest BCUT2D eigenvalue weighted by atomic mass is 10.2. The quantitative estimate of drug-likeness (QED) is 0.361. The lowest BCUT2D eigenvalue weighted by molar-refractivity contribution is -0.142. The normalized spacial score (nSPS) is 10.4. The number of hydrogen-bond donors (Lipinski definition) is 0. The Labute approximate surface area is 151 Å². The number of rotatable bonds is 9. The summed E-state index contributed by atoms with van der Waals surface area (Å²) in [7, 11) is 0. The minimum absolute atomic E-state index is 0.129. The van der Waals surface area contributed by atoms with Crippen LogP contribution < -0.4 is 0 Å². The fourth-order valence-electron chi connectivity index (χ4n) is 1.72. The van der Waals surface area contributed by atoms with Gasteiger partial charge in [0.2, 0.25) is 0 Å². The SMILES string of the molecule is CC/C=C\CCOC(C)=O.CCCC(=O)OCC=Cc1ccccc1. The van der Waals surface area contributed by atoms with Crippen LogP contribution in [0.4, 0.5) is 0 Å². The smallest absolute Gasteiger partial charge is 0.306 e. The van der Waals surface area contributed by atoms with Gasteiger partial charge in [-0.2, -0.15) is 0 Å². The van der Waals surface area contributed by atoms with E-state index in [4.69, 9.17) is 9.47 Å². The molecule has 0 fully saturated rings. The average molecular weight is 346 g/mol. The maximum atomic E-state index is 11.0. The van der Waals surface area contributed by atoms with Crippen LogP contribution in [0.25, 0.3) is 6.08 Å². The lowest BCUT2D eigenvalue weighted by Gasteiger charge is -1.98. The first kappa shape index (κ1) is 22.6. The van der Waals surface area contributed by atoms with Crippen molar-refractivity contribution in [3.05, 3.63) is 54.1 Å². The Hall–Kier alpha value is -2.36. The zero-order chi connectivity index (χ0) is 18.8. The Morgan fingerprint density at radius 1 is 1.00 bits per heavy atom. The number of benzene rings is 1. The maximum absolute atomic E-state index is 11.0. The second kappa shape index (κ2) is 16.5. The fraction of sp³-hybridized carbons (Fsp3) is 0.429. The monoisotopic (exact) mass is 346 g/mol. The van der Waals surface area contributed by atoms with Crippen molar-refractivity contribution in [2.24, 2.45) is 0 Å². The Morgan fingerprint density at radius 2 is 1.72 bits per heavy atom. The summed E-state index contributed by atoms with van der Waals surface area (Å²) in [6.07, 6.45) is 11.1. The van der Waals surface area contributed by atoms with E-state index < -0.39 is 0 Å². The molecular weight excluding hydrogens is 316 g/mol. The Kier molecular flexibility index (Phi) is 14.9. The third kappa shape index (κ3) is 16.3. The van der Waals surface area contributed by atoms with Gasteiger partial charge in [0.1, 0.15) is 6.61 Å². The minimum Gasteiger partial charge on any atom is -0.466 e. The van der Waals surface area contributed by atoms with Gasteiger partial charge in [-0.3, -0.25) is 9.59 Å². The van der Waals surface area contributed by atoms with Gasteiger partial charge in [-0.25, -0.2) is 0 Å². The first-order chi connectivity index (χ1) is 12.1. The molecule has 0 aliphatic rings. The zero-order valence-electron chi connectivity index (χ0n) is 15.6. The number of allylic oxidation sites excluding steroid dienone is 1. The molecular formula is C21H30O4. The summed E-state index contributed by atoms with van der Waals surface area (Å²) in [6, 6.07) is 9.93. The van der Waals surface area contributed by atoms with E-state index in [2.05, 4.69) is 13.0 Å². The zero-order valence-corrected chi connectivity index (χ0v) is 15.6. The number of esters is 2. The molecule has 0 heterocycles. The van der Waals surface area contributed by atoms with Crippen LogP contribution in [0.5, 0.6) is 0 Å². The van der Waals surface area contributed by atoms with E-state index in [1.807, 2.05) is 55.5 Å². The van der Waals surface area contributed by atoms with Crippen LogP contribution in [-0.4, -0.2) is 25.2 Å². The second-order valence-electron chi connectivity index (χ2n) is 5.25. The minimum atomic E-state index is -0.204.